The van der Waals surface area contributed by atoms with Gasteiger partial charge >= 0.3 is 0 Å². The lowest BCUT2D eigenvalue weighted by Crippen LogP contribution is -2.49. The van der Waals surface area contributed by atoms with Gasteiger partial charge in [-0.25, -0.2) is 4.98 Å². The SMILES string of the molecule is CCc1cc(O)ccc1-c1ccc2c(-c3nc(C4=CCN(CC5COCCN5)CC4)c[nH]3)n[nH]c2c1. The van der Waals surface area contributed by atoms with E-state index in [0.717, 1.165) is 97.0 Å². The summed E-state index contributed by atoms with van der Waals surface area (Å²) in [6.07, 6.45) is 6.12. The minimum absolute atomic E-state index is 0.297. The Bertz CT molecular complexity index is 1400. The smallest absolute Gasteiger partial charge is 0.159 e. The number of rotatable bonds is 6. The van der Waals surface area contributed by atoms with Crippen molar-refractivity contribution < 1.29 is 9.84 Å². The van der Waals surface area contributed by atoms with Gasteiger partial charge < -0.3 is 20.1 Å². The molecule has 4 aromatic rings. The second kappa shape index (κ2) is 9.89. The lowest BCUT2D eigenvalue weighted by atomic mass is 9.97. The molecule has 4 heterocycles. The number of aryl methyl sites for hydroxylation is 1. The second-order valence-corrected chi connectivity index (χ2v) is 9.63. The highest BCUT2D eigenvalue weighted by Crippen LogP contribution is 2.32. The molecule has 36 heavy (non-hydrogen) atoms. The van der Waals surface area contributed by atoms with E-state index in [1.165, 1.54) is 5.57 Å². The maximum atomic E-state index is 9.85. The second-order valence-electron chi connectivity index (χ2n) is 9.63. The molecule has 8 nitrogen and oxygen atoms in total. The third-order valence-electron chi connectivity index (χ3n) is 7.25. The number of H-pyrrole nitrogens is 2. The number of aromatic amines is 2. The number of nitrogens with zero attached hydrogens (tertiary/aromatic N) is 3. The minimum Gasteiger partial charge on any atom is -0.508 e. The highest BCUT2D eigenvalue weighted by molar-refractivity contribution is 5.94. The molecule has 8 heteroatoms. The van der Waals surface area contributed by atoms with Crippen molar-refractivity contribution in [3.63, 3.8) is 0 Å². The van der Waals surface area contributed by atoms with Crippen molar-refractivity contribution >= 4 is 16.5 Å². The number of aromatic nitrogens is 4. The molecule has 0 amide bonds. The van der Waals surface area contributed by atoms with Gasteiger partial charge in [-0.15, -0.1) is 0 Å². The zero-order valence-electron chi connectivity index (χ0n) is 20.6. The Balaban J connectivity index is 1.19. The number of phenols is 1. The summed E-state index contributed by atoms with van der Waals surface area (Å²) in [5, 5.41) is 22.2. The highest BCUT2D eigenvalue weighted by Gasteiger charge is 2.21. The number of aromatic hydroxyl groups is 1. The van der Waals surface area contributed by atoms with E-state index in [2.05, 4.69) is 56.6 Å². The van der Waals surface area contributed by atoms with Crippen molar-refractivity contribution in [1.29, 1.82) is 0 Å². The molecule has 1 fully saturated rings. The molecule has 1 atom stereocenters. The number of hydrogen-bond donors (Lipinski definition) is 4. The van der Waals surface area contributed by atoms with E-state index in [0.29, 0.717) is 11.8 Å². The summed E-state index contributed by atoms with van der Waals surface area (Å²) in [6, 6.07) is 12.3. The fourth-order valence-electron chi connectivity index (χ4n) is 5.29. The Morgan fingerprint density at radius 1 is 1.19 bits per heavy atom. The van der Waals surface area contributed by atoms with Crippen molar-refractivity contribution in [2.45, 2.75) is 25.8 Å². The first kappa shape index (κ1) is 23.0. The van der Waals surface area contributed by atoms with Crippen molar-refractivity contribution in [1.82, 2.24) is 30.4 Å². The fourth-order valence-corrected chi connectivity index (χ4v) is 5.29. The summed E-state index contributed by atoms with van der Waals surface area (Å²) in [5.74, 6) is 1.07. The molecule has 0 bridgehead atoms. The third-order valence-corrected chi connectivity index (χ3v) is 7.25. The molecule has 0 aliphatic carbocycles. The largest absolute Gasteiger partial charge is 0.508 e. The number of imidazole rings is 1. The quantitative estimate of drug-likeness (QED) is 0.330. The molecule has 2 aromatic carbocycles. The molecule has 4 N–H and O–H groups in total. The van der Waals surface area contributed by atoms with Crippen molar-refractivity contribution in [2.24, 2.45) is 0 Å². The zero-order valence-corrected chi connectivity index (χ0v) is 20.6. The lowest BCUT2D eigenvalue weighted by molar-refractivity contribution is 0.0634. The minimum atomic E-state index is 0.297. The summed E-state index contributed by atoms with van der Waals surface area (Å²) in [4.78, 5) is 10.7. The van der Waals surface area contributed by atoms with Crippen LogP contribution >= 0.6 is 0 Å². The highest BCUT2D eigenvalue weighted by atomic mass is 16.5. The number of morpholine rings is 1. The van der Waals surface area contributed by atoms with Crippen LogP contribution < -0.4 is 5.32 Å². The van der Waals surface area contributed by atoms with Crippen molar-refractivity contribution in [3.05, 3.63) is 59.9 Å². The van der Waals surface area contributed by atoms with E-state index in [1.807, 2.05) is 18.3 Å². The van der Waals surface area contributed by atoms with E-state index < -0.39 is 0 Å². The molecule has 2 aliphatic heterocycles. The van der Waals surface area contributed by atoms with E-state index in [4.69, 9.17) is 9.72 Å². The predicted octanol–water partition coefficient (Wildman–Crippen LogP) is 3.97. The van der Waals surface area contributed by atoms with Crippen LogP contribution in [0, 0.1) is 0 Å². The summed E-state index contributed by atoms with van der Waals surface area (Å²) in [6.45, 7) is 7.62. The van der Waals surface area contributed by atoms with Gasteiger partial charge in [-0.1, -0.05) is 25.1 Å². The van der Waals surface area contributed by atoms with Crippen LogP contribution in [0.2, 0.25) is 0 Å². The van der Waals surface area contributed by atoms with Crippen LogP contribution in [-0.4, -0.2) is 75.6 Å². The first-order valence-electron chi connectivity index (χ1n) is 12.8. The summed E-state index contributed by atoms with van der Waals surface area (Å²) in [7, 11) is 0. The first-order valence-corrected chi connectivity index (χ1v) is 12.8. The van der Waals surface area contributed by atoms with Crippen LogP contribution in [0.3, 0.4) is 0 Å². The molecule has 1 saturated heterocycles. The molecule has 0 spiro atoms. The molecule has 2 aromatic heterocycles. The van der Waals surface area contributed by atoms with Crippen LogP contribution in [0.5, 0.6) is 5.75 Å². The monoisotopic (exact) mass is 484 g/mol. The number of hydrogen-bond acceptors (Lipinski definition) is 6. The Morgan fingerprint density at radius 3 is 2.94 bits per heavy atom. The Morgan fingerprint density at radius 2 is 2.14 bits per heavy atom. The van der Waals surface area contributed by atoms with Crippen molar-refractivity contribution in [3.8, 4) is 28.4 Å². The number of nitrogens with one attached hydrogen (secondary N) is 3. The molecule has 0 radical (unpaired) electrons. The average molecular weight is 485 g/mol. The standard InChI is InChI=1S/C28H32N6O2/c1-2-18-13-22(35)4-6-23(18)20-3-5-24-25(14-20)32-33-27(24)28-30-15-26(31-28)19-7-10-34(11-8-19)16-21-17-36-12-9-29-21/h3-7,13-15,21,29,35H,2,8-12,16-17H2,1H3,(H,30,31)(H,32,33). The first-order chi connectivity index (χ1) is 17.7. The van der Waals surface area contributed by atoms with E-state index in [9.17, 15) is 5.11 Å². The molecule has 6 rings (SSSR count). The Kier molecular flexibility index (Phi) is 6.31. The summed E-state index contributed by atoms with van der Waals surface area (Å²) >= 11 is 0. The molecular weight excluding hydrogens is 452 g/mol. The zero-order chi connectivity index (χ0) is 24.5. The average Bonchev–Trinajstić information content (AvgIpc) is 3.56. The van der Waals surface area contributed by atoms with Crippen LogP contribution in [0.4, 0.5) is 0 Å². The Labute approximate surface area is 210 Å². The number of phenolic OH excluding ortho intramolecular Hbond substituents is 1. The van der Waals surface area contributed by atoms with Crippen molar-refractivity contribution in [2.75, 3.05) is 39.4 Å². The van der Waals surface area contributed by atoms with E-state index in [-0.39, 0.29) is 0 Å². The number of benzene rings is 2. The van der Waals surface area contributed by atoms with Gasteiger partial charge in [0, 0.05) is 43.8 Å². The van der Waals surface area contributed by atoms with Gasteiger partial charge in [0.2, 0.25) is 0 Å². The number of ether oxygens (including phenoxy) is 1. The van der Waals surface area contributed by atoms with Gasteiger partial charge in [0.15, 0.2) is 5.82 Å². The van der Waals surface area contributed by atoms with Crippen LogP contribution in [-0.2, 0) is 11.2 Å². The van der Waals surface area contributed by atoms with Crippen LogP contribution in [0.25, 0.3) is 39.1 Å². The van der Waals surface area contributed by atoms with Gasteiger partial charge in [0.05, 0.1) is 24.4 Å². The van der Waals surface area contributed by atoms with E-state index >= 15 is 0 Å². The Hall–Kier alpha value is -3.46. The molecular formula is C28H32N6O2. The van der Waals surface area contributed by atoms with Gasteiger partial charge in [-0.05, 0) is 59.4 Å². The van der Waals surface area contributed by atoms with E-state index in [1.54, 1.807) is 6.07 Å². The maximum Gasteiger partial charge on any atom is 0.159 e. The summed E-state index contributed by atoms with van der Waals surface area (Å²) < 4.78 is 5.59. The molecule has 0 saturated carbocycles. The van der Waals surface area contributed by atoms with Gasteiger partial charge in [0.25, 0.3) is 0 Å². The third kappa shape index (κ3) is 4.55. The van der Waals surface area contributed by atoms with Gasteiger partial charge in [0.1, 0.15) is 11.4 Å². The lowest BCUT2D eigenvalue weighted by Gasteiger charge is -2.32. The topological polar surface area (TPSA) is 102 Å². The molecule has 186 valence electrons. The summed E-state index contributed by atoms with van der Waals surface area (Å²) in [5.41, 5.74) is 7.40. The normalized spacial score (nSPS) is 19.0. The molecule has 2 aliphatic rings. The van der Waals surface area contributed by atoms with Crippen LogP contribution in [0.15, 0.2) is 48.7 Å². The number of fused-ring (bicyclic) bond motifs is 1. The molecule has 1 unspecified atom stereocenters. The maximum absolute atomic E-state index is 9.85. The predicted molar refractivity (Wildman–Crippen MR) is 142 cm³/mol. The van der Waals surface area contributed by atoms with Gasteiger partial charge in [-0.3, -0.25) is 10.00 Å². The fraction of sp³-hybridized carbons (Fsp3) is 0.357. The van der Waals surface area contributed by atoms with Crippen LogP contribution in [0.1, 0.15) is 24.6 Å². The van der Waals surface area contributed by atoms with Gasteiger partial charge in [-0.2, -0.15) is 5.10 Å².